The SMILES string of the molecule is CNCCc1cnn(C2CCCC2)c1Br. The number of nitrogens with zero attached hydrogens (tertiary/aromatic N) is 2. The molecule has 1 N–H and O–H groups in total. The van der Waals surface area contributed by atoms with Crippen molar-refractivity contribution in [3.05, 3.63) is 16.4 Å². The Labute approximate surface area is 99.4 Å². The van der Waals surface area contributed by atoms with Gasteiger partial charge in [-0.2, -0.15) is 5.10 Å². The van der Waals surface area contributed by atoms with Gasteiger partial charge in [0.15, 0.2) is 0 Å². The first-order valence-corrected chi connectivity index (χ1v) is 6.48. The maximum absolute atomic E-state index is 4.49. The summed E-state index contributed by atoms with van der Waals surface area (Å²) in [7, 11) is 1.98. The topological polar surface area (TPSA) is 29.9 Å². The van der Waals surface area contributed by atoms with Crippen LogP contribution in [0.2, 0.25) is 0 Å². The summed E-state index contributed by atoms with van der Waals surface area (Å²) < 4.78 is 3.35. The van der Waals surface area contributed by atoms with Crippen LogP contribution in [0, 0.1) is 0 Å². The van der Waals surface area contributed by atoms with Gasteiger partial charge in [-0.25, -0.2) is 0 Å². The second kappa shape index (κ2) is 5.12. The third-order valence-corrected chi connectivity index (χ3v) is 3.99. The van der Waals surface area contributed by atoms with Gasteiger partial charge in [0.25, 0.3) is 0 Å². The molecule has 0 atom stereocenters. The van der Waals surface area contributed by atoms with E-state index in [4.69, 9.17) is 0 Å². The lowest BCUT2D eigenvalue weighted by Gasteiger charge is -2.11. The van der Waals surface area contributed by atoms with Crippen molar-refractivity contribution in [2.24, 2.45) is 0 Å². The number of aromatic nitrogens is 2. The molecule has 1 aromatic rings. The first kappa shape index (κ1) is 11.1. The molecule has 3 nitrogen and oxygen atoms in total. The minimum absolute atomic E-state index is 0.628. The summed E-state index contributed by atoms with van der Waals surface area (Å²) in [6.45, 7) is 1.01. The van der Waals surface area contributed by atoms with E-state index in [1.165, 1.54) is 35.8 Å². The standard InChI is InChI=1S/C11H18BrN3/c1-13-7-6-9-8-14-15(11(9)12)10-4-2-3-5-10/h8,10,13H,2-7H2,1H3. The second-order valence-corrected chi connectivity index (χ2v) is 4.95. The lowest BCUT2D eigenvalue weighted by molar-refractivity contribution is 0.458. The molecule has 0 amide bonds. The Balaban J connectivity index is 2.08. The van der Waals surface area contributed by atoms with E-state index in [-0.39, 0.29) is 0 Å². The Hall–Kier alpha value is -0.350. The summed E-state index contributed by atoms with van der Waals surface area (Å²) in [5.41, 5.74) is 1.32. The van der Waals surface area contributed by atoms with E-state index < -0.39 is 0 Å². The molecule has 0 saturated heterocycles. The van der Waals surface area contributed by atoms with Crippen molar-refractivity contribution in [1.82, 2.24) is 15.1 Å². The second-order valence-electron chi connectivity index (χ2n) is 4.20. The highest BCUT2D eigenvalue weighted by atomic mass is 79.9. The largest absolute Gasteiger partial charge is 0.319 e. The Morgan fingerprint density at radius 2 is 2.27 bits per heavy atom. The van der Waals surface area contributed by atoms with E-state index in [2.05, 4.69) is 31.0 Å². The summed E-state index contributed by atoms with van der Waals surface area (Å²) >= 11 is 3.66. The van der Waals surface area contributed by atoms with Gasteiger partial charge in [-0.3, -0.25) is 4.68 Å². The molecule has 0 unspecified atom stereocenters. The molecule has 1 heterocycles. The van der Waals surface area contributed by atoms with Gasteiger partial charge in [0.1, 0.15) is 4.60 Å². The van der Waals surface area contributed by atoms with Crippen molar-refractivity contribution in [2.75, 3.05) is 13.6 Å². The summed E-state index contributed by atoms with van der Waals surface area (Å²) in [4.78, 5) is 0. The van der Waals surface area contributed by atoms with Gasteiger partial charge in [-0.15, -0.1) is 0 Å². The molecule has 1 aliphatic carbocycles. The predicted molar refractivity (Wildman–Crippen MR) is 65.1 cm³/mol. The summed E-state index contributed by atoms with van der Waals surface area (Å²) in [5, 5.41) is 7.66. The number of likely N-dealkylation sites (N-methyl/N-ethyl adjacent to an activating group) is 1. The molecule has 4 heteroatoms. The number of rotatable bonds is 4. The molecule has 1 aliphatic rings. The van der Waals surface area contributed by atoms with Crippen LogP contribution in [0.1, 0.15) is 37.3 Å². The van der Waals surface area contributed by atoms with Crippen molar-refractivity contribution in [3.63, 3.8) is 0 Å². The molecule has 0 bridgehead atoms. The van der Waals surface area contributed by atoms with E-state index in [9.17, 15) is 0 Å². The molecule has 84 valence electrons. The molecule has 1 aromatic heterocycles. The molecule has 15 heavy (non-hydrogen) atoms. The van der Waals surface area contributed by atoms with Crippen LogP contribution in [0.15, 0.2) is 10.8 Å². The molecule has 0 aromatic carbocycles. The lowest BCUT2D eigenvalue weighted by atomic mass is 10.2. The number of hydrogen-bond acceptors (Lipinski definition) is 2. The normalized spacial score (nSPS) is 17.5. The van der Waals surface area contributed by atoms with Crippen LogP contribution in [0.4, 0.5) is 0 Å². The maximum Gasteiger partial charge on any atom is 0.107 e. The Morgan fingerprint density at radius 3 is 2.93 bits per heavy atom. The fourth-order valence-corrected chi connectivity index (χ4v) is 2.90. The Bertz CT molecular complexity index is 316. The highest BCUT2D eigenvalue weighted by Crippen LogP contribution is 2.32. The lowest BCUT2D eigenvalue weighted by Crippen LogP contribution is -2.11. The van der Waals surface area contributed by atoms with Crippen LogP contribution in [0.5, 0.6) is 0 Å². The molecule has 0 radical (unpaired) electrons. The van der Waals surface area contributed by atoms with Crippen molar-refractivity contribution in [1.29, 1.82) is 0 Å². The minimum atomic E-state index is 0.628. The number of halogens is 1. The Kier molecular flexibility index (Phi) is 3.81. The minimum Gasteiger partial charge on any atom is -0.319 e. The van der Waals surface area contributed by atoms with Crippen molar-refractivity contribution in [2.45, 2.75) is 38.1 Å². The Morgan fingerprint density at radius 1 is 1.53 bits per heavy atom. The van der Waals surface area contributed by atoms with Gasteiger partial charge >= 0.3 is 0 Å². The maximum atomic E-state index is 4.49. The highest BCUT2D eigenvalue weighted by molar-refractivity contribution is 9.10. The van der Waals surface area contributed by atoms with E-state index in [0.717, 1.165) is 13.0 Å². The predicted octanol–water partition coefficient (Wildman–Crippen LogP) is 2.52. The van der Waals surface area contributed by atoms with Crippen LogP contribution in [0.3, 0.4) is 0 Å². The first-order valence-electron chi connectivity index (χ1n) is 5.69. The molecule has 2 rings (SSSR count). The quantitative estimate of drug-likeness (QED) is 0.912. The molecular formula is C11H18BrN3. The van der Waals surface area contributed by atoms with Crippen molar-refractivity contribution < 1.29 is 0 Å². The fourth-order valence-electron chi connectivity index (χ4n) is 2.21. The van der Waals surface area contributed by atoms with Gasteiger partial charge < -0.3 is 5.32 Å². The fraction of sp³-hybridized carbons (Fsp3) is 0.727. The van der Waals surface area contributed by atoms with Crippen LogP contribution in [-0.2, 0) is 6.42 Å². The molecule has 1 fully saturated rings. The van der Waals surface area contributed by atoms with Crippen LogP contribution in [0.25, 0.3) is 0 Å². The van der Waals surface area contributed by atoms with E-state index in [1.54, 1.807) is 0 Å². The van der Waals surface area contributed by atoms with Crippen molar-refractivity contribution >= 4 is 15.9 Å². The van der Waals surface area contributed by atoms with Gasteiger partial charge in [-0.1, -0.05) is 12.8 Å². The van der Waals surface area contributed by atoms with E-state index in [0.29, 0.717) is 6.04 Å². The molecular weight excluding hydrogens is 254 g/mol. The van der Waals surface area contributed by atoms with E-state index in [1.807, 2.05) is 13.2 Å². The summed E-state index contributed by atoms with van der Waals surface area (Å²) in [6, 6.07) is 0.628. The van der Waals surface area contributed by atoms with Gasteiger partial charge in [-0.05, 0) is 48.8 Å². The number of hydrogen-bond donors (Lipinski definition) is 1. The first-order chi connectivity index (χ1) is 7.33. The number of nitrogens with one attached hydrogen (secondary N) is 1. The van der Waals surface area contributed by atoms with Crippen LogP contribution in [-0.4, -0.2) is 23.4 Å². The summed E-state index contributed by atoms with van der Waals surface area (Å²) in [6.07, 6.45) is 8.31. The van der Waals surface area contributed by atoms with Crippen LogP contribution < -0.4 is 5.32 Å². The van der Waals surface area contributed by atoms with Gasteiger partial charge in [0, 0.05) is 5.56 Å². The van der Waals surface area contributed by atoms with Gasteiger partial charge in [0.2, 0.25) is 0 Å². The highest BCUT2D eigenvalue weighted by Gasteiger charge is 2.20. The van der Waals surface area contributed by atoms with Gasteiger partial charge in [0.05, 0.1) is 12.2 Å². The zero-order valence-corrected chi connectivity index (χ0v) is 10.8. The molecule has 0 aliphatic heterocycles. The third-order valence-electron chi connectivity index (χ3n) is 3.12. The zero-order chi connectivity index (χ0) is 10.7. The van der Waals surface area contributed by atoms with Crippen molar-refractivity contribution in [3.8, 4) is 0 Å². The van der Waals surface area contributed by atoms with E-state index >= 15 is 0 Å². The summed E-state index contributed by atoms with van der Waals surface area (Å²) in [5.74, 6) is 0. The zero-order valence-electron chi connectivity index (χ0n) is 9.17. The smallest absolute Gasteiger partial charge is 0.107 e. The average molecular weight is 272 g/mol. The van der Waals surface area contributed by atoms with Crippen LogP contribution >= 0.6 is 15.9 Å². The monoisotopic (exact) mass is 271 g/mol. The molecule has 0 spiro atoms. The third kappa shape index (κ3) is 2.42. The molecule has 1 saturated carbocycles. The average Bonchev–Trinajstić information content (AvgIpc) is 2.84.